The van der Waals surface area contributed by atoms with Crippen LogP contribution in [0.3, 0.4) is 0 Å². The molecule has 1 N–H and O–H groups in total. The number of rotatable bonds is 0. The molecule has 2 bridgehead atoms. The highest BCUT2D eigenvalue weighted by Gasteiger charge is 2.50. The number of phenolic OH excluding ortho intramolecular Hbond substituents is 1. The highest BCUT2D eigenvalue weighted by molar-refractivity contribution is 5.75. The number of fused-ring (bicyclic) bond motifs is 4. The Kier molecular flexibility index (Phi) is 4.10. The van der Waals surface area contributed by atoms with Crippen molar-refractivity contribution in [1.29, 1.82) is 5.26 Å². The van der Waals surface area contributed by atoms with Crippen LogP contribution in [0.15, 0.2) is 12.1 Å². The summed E-state index contributed by atoms with van der Waals surface area (Å²) in [5, 5.41) is 19.4. The Morgan fingerprint density at radius 1 is 1.27 bits per heavy atom. The van der Waals surface area contributed by atoms with Crippen LogP contribution < -0.4 is 0 Å². The van der Waals surface area contributed by atoms with Crippen molar-refractivity contribution in [1.82, 2.24) is 9.80 Å². The highest BCUT2D eigenvalue weighted by atomic mass is 16.3. The average molecular weight is 353 g/mol. The van der Waals surface area contributed by atoms with E-state index in [0.717, 1.165) is 56.4 Å². The second-order valence-electron chi connectivity index (χ2n) is 8.39. The minimum atomic E-state index is -0.0671. The van der Waals surface area contributed by atoms with Gasteiger partial charge in [-0.25, -0.2) is 4.79 Å². The van der Waals surface area contributed by atoms with Gasteiger partial charge in [0.05, 0.1) is 5.56 Å². The topological polar surface area (TPSA) is 67.6 Å². The van der Waals surface area contributed by atoms with Gasteiger partial charge in [0.15, 0.2) is 0 Å². The Balaban J connectivity index is 1.69. The first kappa shape index (κ1) is 17.2. The second-order valence-corrected chi connectivity index (χ2v) is 8.39. The molecule has 0 unspecified atom stereocenters. The van der Waals surface area contributed by atoms with Gasteiger partial charge < -0.3 is 14.9 Å². The van der Waals surface area contributed by atoms with E-state index in [0.29, 0.717) is 11.5 Å². The zero-order valence-corrected chi connectivity index (χ0v) is 15.7. The predicted molar refractivity (Wildman–Crippen MR) is 99.0 cm³/mol. The van der Waals surface area contributed by atoms with Crippen LogP contribution in [0.4, 0.5) is 4.79 Å². The third kappa shape index (κ3) is 2.46. The molecule has 0 aromatic heterocycles. The van der Waals surface area contributed by atoms with Crippen LogP contribution in [0.1, 0.15) is 56.2 Å². The molecule has 2 fully saturated rings. The van der Waals surface area contributed by atoms with Gasteiger partial charge in [0, 0.05) is 25.7 Å². The average Bonchev–Trinajstić information content (AvgIpc) is 2.65. The van der Waals surface area contributed by atoms with Crippen molar-refractivity contribution >= 4 is 6.03 Å². The molecule has 0 saturated carbocycles. The molecule has 1 aliphatic carbocycles. The minimum absolute atomic E-state index is 0.0671. The van der Waals surface area contributed by atoms with Gasteiger partial charge in [0.2, 0.25) is 0 Å². The molecule has 1 aromatic carbocycles. The number of nitriles is 1. The van der Waals surface area contributed by atoms with Crippen LogP contribution in [-0.4, -0.2) is 46.6 Å². The maximum absolute atomic E-state index is 13.2. The van der Waals surface area contributed by atoms with Crippen molar-refractivity contribution in [2.45, 2.75) is 57.4 Å². The first-order valence-corrected chi connectivity index (χ1v) is 9.77. The van der Waals surface area contributed by atoms with Gasteiger partial charge in [-0.05, 0) is 66.7 Å². The van der Waals surface area contributed by atoms with E-state index < -0.39 is 0 Å². The smallest absolute Gasteiger partial charge is 0.320 e. The Labute approximate surface area is 155 Å². The molecule has 2 saturated heterocycles. The van der Waals surface area contributed by atoms with Gasteiger partial charge in [-0.15, -0.1) is 0 Å². The first-order chi connectivity index (χ1) is 12.5. The zero-order valence-electron chi connectivity index (χ0n) is 15.7. The first-order valence-electron chi connectivity index (χ1n) is 9.77. The van der Waals surface area contributed by atoms with E-state index in [4.69, 9.17) is 0 Å². The number of carbonyl (C=O) groups excluding carboxylic acids is 1. The fraction of sp³-hybridized carbons (Fsp3) is 0.619. The number of hydrogen-bond donors (Lipinski definition) is 1. The zero-order chi connectivity index (χ0) is 18.5. The number of urea groups is 1. The molecule has 0 radical (unpaired) electrons. The summed E-state index contributed by atoms with van der Waals surface area (Å²) in [5.74, 6) is 0.398. The van der Waals surface area contributed by atoms with Crippen molar-refractivity contribution in [3.8, 4) is 11.8 Å². The van der Waals surface area contributed by atoms with Crippen molar-refractivity contribution in [3.63, 3.8) is 0 Å². The number of piperidine rings is 2. The number of hydrogen-bond acceptors (Lipinski definition) is 3. The van der Waals surface area contributed by atoms with Gasteiger partial charge in [0.1, 0.15) is 11.8 Å². The van der Waals surface area contributed by atoms with E-state index in [1.165, 1.54) is 6.42 Å². The number of phenols is 1. The predicted octanol–water partition coefficient (Wildman–Crippen LogP) is 3.39. The van der Waals surface area contributed by atoms with Crippen molar-refractivity contribution < 1.29 is 9.90 Å². The maximum atomic E-state index is 13.2. The quantitative estimate of drug-likeness (QED) is 0.777. The van der Waals surface area contributed by atoms with Crippen LogP contribution >= 0.6 is 0 Å². The third-order valence-electron chi connectivity index (χ3n) is 7.11. The molecular weight excluding hydrogens is 326 g/mol. The normalized spacial score (nSPS) is 30.5. The van der Waals surface area contributed by atoms with E-state index in [2.05, 4.69) is 24.8 Å². The lowest BCUT2D eigenvalue weighted by atomic mass is 9.59. The number of aromatic hydroxyl groups is 1. The summed E-state index contributed by atoms with van der Waals surface area (Å²) < 4.78 is 0. The molecule has 26 heavy (non-hydrogen) atoms. The van der Waals surface area contributed by atoms with Crippen molar-refractivity contribution in [2.24, 2.45) is 5.92 Å². The van der Waals surface area contributed by atoms with Crippen molar-refractivity contribution in [3.05, 3.63) is 28.8 Å². The molecule has 2 heterocycles. The molecule has 1 aromatic rings. The van der Waals surface area contributed by atoms with Crippen LogP contribution in [0.2, 0.25) is 0 Å². The lowest BCUT2D eigenvalue weighted by Crippen LogP contribution is -2.62. The second kappa shape index (κ2) is 6.19. The molecule has 3 aliphatic rings. The largest absolute Gasteiger partial charge is 0.507 e. The molecule has 3 atom stereocenters. The van der Waals surface area contributed by atoms with Crippen LogP contribution in [0, 0.1) is 17.2 Å². The van der Waals surface area contributed by atoms with Gasteiger partial charge in [-0.2, -0.15) is 5.26 Å². The van der Waals surface area contributed by atoms with Crippen LogP contribution in [0.5, 0.6) is 5.75 Å². The molecule has 5 nitrogen and oxygen atoms in total. The Bertz CT molecular complexity index is 778. The fourth-order valence-corrected chi connectivity index (χ4v) is 5.26. The number of carbonyl (C=O) groups is 1. The molecule has 5 heteroatoms. The molecule has 2 amide bonds. The van der Waals surface area contributed by atoms with E-state index >= 15 is 0 Å². The molecule has 2 aliphatic heterocycles. The molecular formula is C21H27N3O2. The lowest BCUT2D eigenvalue weighted by molar-refractivity contribution is 0.0384. The number of benzene rings is 1. The SMILES string of the molecule is C[C@@H]1[C@H]2Cc3cc(C#N)c(O)cc3[C@]1(C)CCN2C(=O)N1CCCCC1. The summed E-state index contributed by atoms with van der Waals surface area (Å²) in [4.78, 5) is 17.3. The van der Waals surface area contributed by atoms with Gasteiger partial charge in [-0.1, -0.05) is 13.8 Å². The summed E-state index contributed by atoms with van der Waals surface area (Å²) in [5.41, 5.74) is 2.53. The van der Waals surface area contributed by atoms with Crippen LogP contribution in [-0.2, 0) is 11.8 Å². The lowest BCUT2D eigenvalue weighted by Gasteiger charge is -2.55. The van der Waals surface area contributed by atoms with Crippen molar-refractivity contribution in [2.75, 3.05) is 19.6 Å². The van der Waals surface area contributed by atoms with Gasteiger partial charge in [-0.3, -0.25) is 0 Å². The van der Waals surface area contributed by atoms with Gasteiger partial charge in [0.25, 0.3) is 0 Å². The summed E-state index contributed by atoms with van der Waals surface area (Å²) in [7, 11) is 0. The van der Waals surface area contributed by atoms with E-state index in [1.54, 1.807) is 6.07 Å². The molecule has 138 valence electrons. The number of nitrogens with zero attached hydrogens (tertiary/aromatic N) is 3. The van der Waals surface area contributed by atoms with E-state index in [1.807, 2.05) is 11.0 Å². The van der Waals surface area contributed by atoms with Gasteiger partial charge >= 0.3 is 6.03 Å². The molecule has 0 spiro atoms. The maximum Gasteiger partial charge on any atom is 0.320 e. The van der Waals surface area contributed by atoms with E-state index in [9.17, 15) is 15.2 Å². The highest BCUT2D eigenvalue weighted by Crippen LogP contribution is 2.50. The standard InChI is InChI=1S/C21H27N3O2/c1-14-18-11-15-10-16(13-22)19(25)12-17(15)21(14,2)6-9-24(18)20(26)23-7-4-3-5-8-23/h10,12,14,18,25H,3-9,11H2,1-2H3/t14-,18-,21-/m1/s1. The number of likely N-dealkylation sites (tertiary alicyclic amines) is 2. The van der Waals surface area contributed by atoms with Crippen LogP contribution in [0.25, 0.3) is 0 Å². The Hall–Kier alpha value is -2.22. The minimum Gasteiger partial charge on any atom is -0.507 e. The monoisotopic (exact) mass is 353 g/mol. The molecule has 4 rings (SSSR count). The third-order valence-corrected chi connectivity index (χ3v) is 7.11. The Morgan fingerprint density at radius 2 is 2.00 bits per heavy atom. The fourth-order valence-electron chi connectivity index (χ4n) is 5.26. The summed E-state index contributed by atoms with van der Waals surface area (Å²) in [6, 6.07) is 6.05. The Morgan fingerprint density at radius 3 is 2.69 bits per heavy atom. The number of amides is 2. The summed E-state index contributed by atoms with van der Waals surface area (Å²) in [6.45, 7) is 6.99. The summed E-state index contributed by atoms with van der Waals surface area (Å²) in [6.07, 6.45) is 5.08. The van der Waals surface area contributed by atoms with E-state index in [-0.39, 0.29) is 23.2 Å². The summed E-state index contributed by atoms with van der Waals surface area (Å²) >= 11 is 0.